The molecule has 1 amide bonds. The number of nitrogens with zero attached hydrogens (tertiary/aromatic N) is 1. The van der Waals surface area contributed by atoms with Crippen molar-refractivity contribution in [3.8, 4) is 0 Å². The van der Waals surface area contributed by atoms with Gasteiger partial charge in [-0.2, -0.15) is 0 Å². The summed E-state index contributed by atoms with van der Waals surface area (Å²) >= 11 is 5.90. The summed E-state index contributed by atoms with van der Waals surface area (Å²) in [6.07, 6.45) is 1.08. The van der Waals surface area contributed by atoms with Crippen molar-refractivity contribution in [3.05, 3.63) is 58.4 Å². The number of anilines is 2. The molecular weight excluding hydrogens is 291 g/mol. The van der Waals surface area contributed by atoms with Gasteiger partial charge in [0.05, 0.1) is 22.9 Å². The number of rotatable bonds is 2. The van der Waals surface area contributed by atoms with Crippen LogP contribution in [0.1, 0.15) is 17.5 Å². The van der Waals surface area contributed by atoms with E-state index in [-0.39, 0.29) is 11.7 Å². The van der Waals surface area contributed by atoms with Gasteiger partial charge in [-0.25, -0.2) is 4.39 Å². The molecule has 0 saturated carbocycles. The summed E-state index contributed by atoms with van der Waals surface area (Å²) in [6.45, 7) is 0.358. The molecule has 0 fully saturated rings. The first-order chi connectivity index (χ1) is 10.0. The molecule has 1 aliphatic heterocycles. The molecule has 3 rings (SSSR count). The number of benzene rings is 2. The second-order valence-electron chi connectivity index (χ2n) is 5.11. The van der Waals surface area contributed by atoms with E-state index < -0.39 is 0 Å². The molecule has 5 heteroatoms. The lowest BCUT2D eigenvalue weighted by molar-refractivity contribution is -0.119. The van der Waals surface area contributed by atoms with Crippen LogP contribution >= 0.6 is 11.6 Å². The molecule has 0 atom stereocenters. The number of nitrogens with two attached hydrogens (primary N) is 1. The molecule has 0 radical (unpaired) electrons. The van der Waals surface area contributed by atoms with E-state index in [0.29, 0.717) is 35.8 Å². The van der Waals surface area contributed by atoms with Gasteiger partial charge < -0.3 is 10.6 Å². The number of halogens is 2. The first-order valence-electron chi connectivity index (χ1n) is 6.67. The SMILES string of the molecule is Nc1cc(CN2C(=O)CCc3ccc(F)cc32)ccc1Cl. The van der Waals surface area contributed by atoms with Crippen LogP contribution in [0.5, 0.6) is 0 Å². The van der Waals surface area contributed by atoms with E-state index in [1.54, 1.807) is 23.1 Å². The van der Waals surface area contributed by atoms with E-state index in [9.17, 15) is 9.18 Å². The van der Waals surface area contributed by atoms with Gasteiger partial charge in [0.1, 0.15) is 5.82 Å². The monoisotopic (exact) mass is 304 g/mol. The Bertz CT molecular complexity index is 717. The maximum atomic E-state index is 13.5. The molecule has 0 aromatic heterocycles. The van der Waals surface area contributed by atoms with Gasteiger partial charge in [0.2, 0.25) is 5.91 Å². The van der Waals surface area contributed by atoms with Crippen LogP contribution in [-0.4, -0.2) is 5.91 Å². The Morgan fingerprint density at radius 2 is 2.00 bits per heavy atom. The highest BCUT2D eigenvalue weighted by molar-refractivity contribution is 6.33. The maximum Gasteiger partial charge on any atom is 0.227 e. The van der Waals surface area contributed by atoms with E-state index in [4.69, 9.17) is 17.3 Å². The van der Waals surface area contributed by atoms with Crippen LogP contribution in [0.25, 0.3) is 0 Å². The van der Waals surface area contributed by atoms with Crippen molar-refractivity contribution in [2.75, 3.05) is 10.6 Å². The van der Waals surface area contributed by atoms with Crippen LogP contribution < -0.4 is 10.6 Å². The molecule has 1 heterocycles. The molecule has 1 aliphatic rings. The maximum absolute atomic E-state index is 13.5. The van der Waals surface area contributed by atoms with Crippen LogP contribution in [-0.2, 0) is 17.8 Å². The van der Waals surface area contributed by atoms with Gasteiger partial charge in [-0.1, -0.05) is 23.7 Å². The lowest BCUT2D eigenvalue weighted by Crippen LogP contribution is -2.34. The van der Waals surface area contributed by atoms with Crippen molar-refractivity contribution < 1.29 is 9.18 Å². The van der Waals surface area contributed by atoms with E-state index in [1.165, 1.54) is 12.1 Å². The molecule has 0 saturated heterocycles. The fourth-order valence-corrected chi connectivity index (χ4v) is 2.68. The van der Waals surface area contributed by atoms with Gasteiger partial charge >= 0.3 is 0 Å². The molecule has 21 heavy (non-hydrogen) atoms. The largest absolute Gasteiger partial charge is 0.398 e. The number of aryl methyl sites for hydroxylation is 1. The highest BCUT2D eigenvalue weighted by atomic mass is 35.5. The second kappa shape index (κ2) is 5.37. The third kappa shape index (κ3) is 2.72. The van der Waals surface area contributed by atoms with Crippen LogP contribution in [0.2, 0.25) is 5.02 Å². The predicted octanol–water partition coefficient (Wildman–Crippen LogP) is 3.54. The summed E-state index contributed by atoms with van der Waals surface area (Å²) in [4.78, 5) is 13.8. The zero-order valence-electron chi connectivity index (χ0n) is 11.3. The Balaban J connectivity index is 1.96. The topological polar surface area (TPSA) is 46.3 Å². The normalized spacial score (nSPS) is 14.2. The van der Waals surface area contributed by atoms with Gasteiger partial charge in [0.25, 0.3) is 0 Å². The first-order valence-corrected chi connectivity index (χ1v) is 7.05. The fraction of sp³-hybridized carbons (Fsp3) is 0.188. The number of fused-ring (bicyclic) bond motifs is 1. The molecule has 3 nitrogen and oxygen atoms in total. The van der Waals surface area contributed by atoms with E-state index in [2.05, 4.69) is 0 Å². The molecular formula is C16H14ClFN2O. The number of carbonyl (C=O) groups is 1. The fourth-order valence-electron chi connectivity index (χ4n) is 2.56. The summed E-state index contributed by atoms with van der Waals surface area (Å²) in [6, 6.07) is 9.83. The quantitative estimate of drug-likeness (QED) is 0.863. The number of hydrogen-bond donors (Lipinski definition) is 1. The van der Waals surface area contributed by atoms with Gasteiger partial charge in [-0.05, 0) is 41.8 Å². The van der Waals surface area contributed by atoms with Crippen molar-refractivity contribution in [1.29, 1.82) is 0 Å². The lowest BCUT2D eigenvalue weighted by Gasteiger charge is -2.29. The Morgan fingerprint density at radius 3 is 2.76 bits per heavy atom. The van der Waals surface area contributed by atoms with Crippen LogP contribution in [0.15, 0.2) is 36.4 Å². The smallest absolute Gasteiger partial charge is 0.227 e. The van der Waals surface area contributed by atoms with E-state index >= 15 is 0 Å². The molecule has 0 bridgehead atoms. The minimum atomic E-state index is -0.343. The summed E-state index contributed by atoms with van der Waals surface area (Å²) in [5.74, 6) is -0.356. The van der Waals surface area contributed by atoms with E-state index in [1.807, 2.05) is 6.07 Å². The highest BCUT2D eigenvalue weighted by Crippen LogP contribution is 2.30. The Morgan fingerprint density at radius 1 is 1.19 bits per heavy atom. The average molecular weight is 305 g/mol. The highest BCUT2D eigenvalue weighted by Gasteiger charge is 2.24. The van der Waals surface area contributed by atoms with Crippen LogP contribution in [0.4, 0.5) is 15.8 Å². The van der Waals surface area contributed by atoms with Gasteiger partial charge in [-0.15, -0.1) is 0 Å². The Hall–Kier alpha value is -2.07. The summed E-state index contributed by atoms with van der Waals surface area (Å²) in [7, 11) is 0. The summed E-state index contributed by atoms with van der Waals surface area (Å²) in [5.41, 5.74) is 8.74. The van der Waals surface area contributed by atoms with Crippen molar-refractivity contribution in [1.82, 2.24) is 0 Å². The number of hydrogen-bond acceptors (Lipinski definition) is 2. The van der Waals surface area contributed by atoms with Crippen LogP contribution in [0.3, 0.4) is 0 Å². The van der Waals surface area contributed by atoms with Gasteiger partial charge in [0, 0.05) is 6.42 Å². The lowest BCUT2D eigenvalue weighted by atomic mass is 10.00. The zero-order chi connectivity index (χ0) is 15.0. The Labute approximate surface area is 127 Å². The van der Waals surface area contributed by atoms with Crippen molar-refractivity contribution in [2.45, 2.75) is 19.4 Å². The standard InChI is InChI=1S/C16H14ClFN2O/c17-13-5-1-10(7-14(13)19)9-20-15-8-12(18)4-2-11(15)3-6-16(20)21/h1-2,4-5,7-8H,3,6,9,19H2. The Kier molecular flexibility index (Phi) is 3.55. The number of amides is 1. The summed E-state index contributed by atoms with van der Waals surface area (Å²) in [5, 5.41) is 0.482. The van der Waals surface area contributed by atoms with Crippen LogP contribution in [0, 0.1) is 5.82 Å². The van der Waals surface area contributed by atoms with Crippen molar-refractivity contribution in [2.24, 2.45) is 0 Å². The first kappa shape index (κ1) is 13.9. The second-order valence-corrected chi connectivity index (χ2v) is 5.52. The third-order valence-corrected chi connectivity index (χ3v) is 3.99. The van der Waals surface area contributed by atoms with Crippen molar-refractivity contribution >= 4 is 28.9 Å². The minimum absolute atomic E-state index is 0.0124. The number of nitrogen functional groups attached to an aromatic ring is 1. The molecule has 2 aromatic rings. The molecule has 2 N–H and O–H groups in total. The van der Waals surface area contributed by atoms with Gasteiger partial charge in [-0.3, -0.25) is 4.79 Å². The number of carbonyl (C=O) groups excluding carboxylic acids is 1. The predicted molar refractivity (Wildman–Crippen MR) is 81.8 cm³/mol. The average Bonchev–Trinajstić information content (AvgIpc) is 2.46. The minimum Gasteiger partial charge on any atom is -0.398 e. The van der Waals surface area contributed by atoms with Gasteiger partial charge in [0.15, 0.2) is 0 Å². The molecule has 2 aromatic carbocycles. The zero-order valence-corrected chi connectivity index (χ0v) is 12.0. The summed E-state index contributed by atoms with van der Waals surface area (Å²) < 4.78 is 13.5. The molecule has 108 valence electrons. The van der Waals surface area contributed by atoms with E-state index in [0.717, 1.165) is 11.1 Å². The van der Waals surface area contributed by atoms with Crippen molar-refractivity contribution in [3.63, 3.8) is 0 Å². The molecule has 0 unspecified atom stereocenters. The molecule has 0 spiro atoms. The third-order valence-electron chi connectivity index (χ3n) is 3.65. The molecule has 0 aliphatic carbocycles.